The van der Waals surface area contributed by atoms with Gasteiger partial charge in [-0.25, -0.2) is 0 Å². The van der Waals surface area contributed by atoms with E-state index >= 15 is 0 Å². The van der Waals surface area contributed by atoms with Gasteiger partial charge in [0, 0.05) is 38.3 Å². The van der Waals surface area contributed by atoms with Gasteiger partial charge in [0.1, 0.15) is 0 Å². The van der Waals surface area contributed by atoms with Gasteiger partial charge in [0.15, 0.2) is 5.96 Å². The Morgan fingerprint density at radius 2 is 2.17 bits per heavy atom. The Balaban J connectivity index is 1.88. The molecular weight excluding hydrogens is 286 g/mol. The predicted octanol–water partition coefficient (Wildman–Crippen LogP) is 2.92. The van der Waals surface area contributed by atoms with E-state index in [1.807, 2.05) is 7.05 Å². The van der Waals surface area contributed by atoms with Crippen LogP contribution in [0.2, 0.25) is 0 Å². The number of aliphatic imine (C=N–C) groups is 1. The van der Waals surface area contributed by atoms with Crippen LogP contribution in [0.3, 0.4) is 0 Å². The van der Waals surface area contributed by atoms with Gasteiger partial charge in [0.05, 0.1) is 5.69 Å². The third-order valence-corrected chi connectivity index (χ3v) is 4.36. The lowest BCUT2D eigenvalue weighted by molar-refractivity contribution is 0.376. The van der Waals surface area contributed by atoms with E-state index in [9.17, 15) is 0 Å². The number of aromatic nitrogens is 2. The van der Waals surface area contributed by atoms with Crippen LogP contribution < -0.4 is 10.6 Å². The quantitative estimate of drug-likeness (QED) is 0.663. The molecule has 1 unspecified atom stereocenters. The summed E-state index contributed by atoms with van der Waals surface area (Å²) < 4.78 is 2.09. The third-order valence-electron chi connectivity index (χ3n) is 4.36. The molecule has 2 N–H and O–H groups in total. The Hall–Kier alpha value is -1.52. The zero-order chi connectivity index (χ0) is 17.0. The number of nitrogens with one attached hydrogen (secondary N) is 2. The standard InChI is InChI=1S/C18H33N5/c1-13(2)23-12-14-7-8-15(11-16(14)22-23)21-17(19-6)20-10-9-18(3,4)5/h12-13,15H,7-11H2,1-6H3,(H2,19,20,21). The van der Waals surface area contributed by atoms with Crippen LogP contribution in [0.1, 0.15) is 64.8 Å². The average Bonchev–Trinajstić information content (AvgIpc) is 2.88. The highest BCUT2D eigenvalue weighted by molar-refractivity contribution is 5.80. The van der Waals surface area contributed by atoms with Crippen LogP contribution in [0.5, 0.6) is 0 Å². The highest BCUT2D eigenvalue weighted by atomic mass is 15.3. The molecule has 0 fully saturated rings. The molecule has 0 saturated carbocycles. The van der Waals surface area contributed by atoms with Crippen molar-refractivity contribution >= 4 is 5.96 Å². The summed E-state index contributed by atoms with van der Waals surface area (Å²) in [5.74, 6) is 0.908. The molecule has 0 spiro atoms. The first-order chi connectivity index (χ1) is 10.8. The molecule has 1 aromatic heterocycles. The molecule has 0 aromatic carbocycles. The Morgan fingerprint density at radius 3 is 2.78 bits per heavy atom. The normalized spacial score (nSPS) is 18.9. The lowest BCUT2D eigenvalue weighted by Crippen LogP contribution is -2.46. The van der Waals surface area contributed by atoms with Gasteiger partial charge in [-0.2, -0.15) is 5.10 Å². The second-order valence-corrected chi connectivity index (χ2v) is 8.07. The van der Waals surface area contributed by atoms with E-state index in [0.29, 0.717) is 17.5 Å². The molecule has 2 rings (SSSR count). The van der Waals surface area contributed by atoms with E-state index in [1.165, 1.54) is 11.3 Å². The fourth-order valence-corrected chi connectivity index (χ4v) is 2.84. The maximum Gasteiger partial charge on any atom is 0.191 e. The minimum Gasteiger partial charge on any atom is -0.356 e. The summed E-state index contributed by atoms with van der Waals surface area (Å²) in [6, 6.07) is 0.845. The second-order valence-electron chi connectivity index (χ2n) is 8.07. The molecule has 130 valence electrons. The van der Waals surface area contributed by atoms with Gasteiger partial charge in [0.25, 0.3) is 0 Å². The van der Waals surface area contributed by atoms with Crippen LogP contribution in [0, 0.1) is 5.41 Å². The minimum atomic E-state index is 0.343. The van der Waals surface area contributed by atoms with Crippen molar-refractivity contribution in [3.63, 3.8) is 0 Å². The Bertz CT molecular complexity index is 536. The molecule has 5 heteroatoms. The predicted molar refractivity (Wildman–Crippen MR) is 97.0 cm³/mol. The number of nitrogens with zero attached hydrogens (tertiary/aromatic N) is 3. The monoisotopic (exact) mass is 319 g/mol. The lowest BCUT2D eigenvalue weighted by atomic mass is 9.92. The first kappa shape index (κ1) is 17.8. The van der Waals surface area contributed by atoms with Crippen molar-refractivity contribution in [2.75, 3.05) is 13.6 Å². The van der Waals surface area contributed by atoms with Crippen LogP contribution in [0.25, 0.3) is 0 Å². The maximum atomic E-state index is 4.74. The first-order valence-electron chi connectivity index (χ1n) is 8.82. The number of aryl methyl sites for hydroxylation is 1. The SMILES string of the molecule is CN=C(NCCC(C)(C)C)NC1CCc2cn(C(C)C)nc2C1. The zero-order valence-electron chi connectivity index (χ0n) is 15.6. The van der Waals surface area contributed by atoms with Crippen LogP contribution in [-0.2, 0) is 12.8 Å². The van der Waals surface area contributed by atoms with E-state index in [1.54, 1.807) is 0 Å². The Kier molecular flexibility index (Phi) is 5.71. The van der Waals surface area contributed by atoms with Crippen molar-refractivity contribution in [2.24, 2.45) is 10.4 Å². The van der Waals surface area contributed by atoms with Gasteiger partial charge >= 0.3 is 0 Å². The van der Waals surface area contributed by atoms with Crippen LogP contribution >= 0.6 is 0 Å². The number of hydrogen-bond acceptors (Lipinski definition) is 2. The van der Waals surface area contributed by atoms with E-state index < -0.39 is 0 Å². The van der Waals surface area contributed by atoms with E-state index in [0.717, 1.165) is 38.2 Å². The van der Waals surface area contributed by atoms with Crippen molar-refractivity contribution in [3.05, 3.63) is 17.5 Å². The van der Waals surface area contributed by atoms with Gasteiger partial charge in [-0.05, 0) is 44.1 Å². The summed E-state index contributed by atoms with van der Waals surface area (Å²) in [5.41, 5.74) is 3.00. The Morgan fingerprint density at radius 1 is 1.43 bits per heavy atom. The molecular formula is C18H33N5. The van der Waals surface area contributed by atoms with Crippen LogP contribution in [-0.4, -0.2) is 35.4 Å². The first-order valence-corrected chi connectivity index (χ1v) is 8.82. The Labute approximate surface area is 141 Å². The second kappa shape index (κ2) is 7.37. The summed E-state index contributed by atoms with van der Waals surface area (Å²) in [6.45, 7) is 12.1. The molecule has 1 aromatic rings. The van der Waals surface area contributed by atoms with Crippen molar-refractivity contribution in [1.82, 2.24) is 20.4 Å². The molecule has 0 radical (unpaired) electrons. The molecule has 1 aliphatic carbocycles. The van der Waals surface area contributed by atoms with Gasteiger partial charge in [-0.1, -0.05) is 20.8 Å². The van der Waals surface area contributed by atoms with E-state index in [-0.39, 0.29) is 0 Å². The molecule has 1 atom stereocenters. The third kappa shape index (κ3) is 5.26. The molecule has 1 heterocycles. The fourth-order valence-electron chi connectivity index (χ4n) is 2.84. The van der Waals surface area contributed by atoms with Crippen molar-refractivity contribution < 1.29 is 0 Å². The molecule has 23 heavy (non-hydrogen) atoms. The maximum absolute atomic E-state index is 4.74. The van der Waals surface area contributed by atoms with Crippen molar-refractivity contribution in [2.45, 2.75) is 72.4 Å². The zero-order valence-corrected chi connectivity index (χ0v) is 15.6. The number of guanidine groups is 1. The van der Waals surface area contributed by atoms with Gasteiger partial charge < -0.3 is 10.6 Å². The smallest absolute Gasteiger partial charge is 0.191 e. The van der Waals surface area contributed by atoms with Crippen LogP contribution in [0.15, 0.2) is 11.2 Å². The van der Waals surface area contributed by atoms with E-state index in [2.05, 4.69) is 61.1 Å². The largest absolute Gasteiger partial charge is 0.356 e. The fraction of sp³-hybridized carbons (Fsp3) is 0.778. The van der Waals surface area contributed by atoms with Gasteiger partial charge in [-0.3, -0.25) is 9.67 Å². The lowest BCUT2D eigenvalue weighted by Gasteiger charge is -2.25. The van der Waals surface area contributed by atoms with E-state index in [4.69, 9.17) is 5.10 Å². The van der Waals surface area contributed by atoms with Crippen molar-refractivity contribution in [1.29, 1.82) is 0 Å². The summed E-state index contributed by atoms with van der Waals surface area (Å²) >= 11 is 0. The molecule has 0 bridgehead atoms. The topological polar surface area (TPSA) is 54.2 Å². The average molecular weight is 319 g/mol. The minimum absolute atomic E-state index is 0.343. The molecule has 5 nitrogen and oxygen atoms in total. The number of hydrogen-bond donors (Lipinski definition) is 2. The highest BCUT2D eigenvalue weighted by Gasteiger charge is 2.23. The molecule has 0 saturated heterocycles. The van der Waals surface area contributed by atoms with Crippen molar-refractivity contribution in [3.8, 4) is 0 Å². The van der Waals surface area contributed by atoms with Gasteiger partial charge in [0.2, 0.25) is 0 Å². The van der Waals surface area contributed by atoms with Crippen LogP contribution in [0.4, 0.5) is 0 Å². The summed E-state index contributed by atoms with van der Waals surface area (Å²) in [4.78, 5) is 4.36. The molecule has 1 aliphatic rings. The number of fused-ring (bicyclic) bond motifs is 1. The number of rotatable bonds is 4. The summed E-state index contributed by atoms with van der Waals surface area (Å²) in [6.07, 6.45) is 6.55. The molecule has 0 aliphatic heterocycles. The highest BCUT2D eigenvalue weighted by Crippen LogP contribution is 2.22. The summed E-state index contributed by atoms with van der Waals surface area (Å²) in [5, 5.41) is 11.7. The summed E-state index contributed by atoms with van der Waals surface area (Å²) in [7, 11) is 1.84. The molecule has 0 amide bonds. The van der Waals surface area contributed by atoms with Gasteiger partial charge in [-0.15, -0.1) is 0 Å².